The Balaban J connectivity index is 1.52. The first-order chi connectivity index (χ1) is 22.2. The Morgan fingerprint density at radius 1 is 0.870 bits per heavy atom. The quantitative estimate of drug-likeness (QED) is 0.140. The number of benzene rings is 4. The van der Waals surface area contributed by atoms with Gasteiger partial charge in [0, 0.05) is 49.0 Å². The van der Waals surface area contributed by atoms with Gasteiger partial charge in [0.15, 0.2) is 11.6 Å². The van der Waals surface area contributed by atoms with Crippen LogP contribution < -0.4 is 20.3 Å². The van der Waals surface area contributed by atoms with Crippen molar-refractivity contribution in [2.45, 2.75) is 25.7 Å². The van der Waals surface area contributed by atoms with E-state index in [4.69, 9.17) is 9.47 Å². The van der Waals surface area contributed by atoms with Gasteiger partial charge in [-0.25, -0.2) is 8.78 Å². The van der Waals surface area contributed by atoms with Crippen LogP contribution in [0.5, 0.6) is 23.0 Å². The number of amides is 1. The fourth-order valence-corrected chi connectivity index (χ4v) is 5.31. The molecule has 5 aromatic rings. The van der Waals surface area contributed by atoms with Gasteiger partial charge < -0.3 is 24.5 Å². The number of carbonyl (C=O) groups is 1. The van der Waals surface area contributed by atoms with Gasteiger partial charge in [-0.1, -0.05) is 48.5 Å². The molecule has 7 nitrogen and oxygen atoms in total. The lowest BCUT2D eigenvalue weighted by Crippen LogP contribution is -2.24. The molecule has 2 N–H and O–H groups in total. The van der Waals surface area contributed by atoms with Crippen molar-refractivity contribution < 1.29 is 28.2 Å². The van der Waals surface area contributed by atoms with Crippen molar-refractivity contribution in [2.75, 3.05) is 13.2 Å². The van der Waals surface area contributed by atoms with Crippen LogP contribution in [0.15, 0.2) is 108 Å². The van der Waals surface area contributed by atoms with Crippen molar-refractivity contribution in [1.29, 1.82) is 0 Å². The highest BCUT2D eigenvalue weighted by molar-refractivity contribution is 5.96. The second-order valence-corrected chi connectivity index (χ2v) is 10.7. The number of aryl methyl sites for hydroxylation is 1. The molecule has 0 aliphatic rings. The number of rotatable bonds is 12. The Hall–Kier alpha value is -5.44. The van der Waals surface area contributed by atoms with Crippen LogP contribution in [-0.2, 0) is 7.05 Å². The van der Waals surface area contributed by atoms with Crippen molar-refractivity contribution >= 4 is 5.91 Å². The fourth-order valence-electron chi connectivity index (χ4n) is 5.31. The van der Waals surface area contributed by atoms with Gasteiger partial charge in [-0.3, -0.25) is 9.59 Å². The SMILES string of the molecule is CCOc1cc(=O)n(C)cc1-c1cc(C(CCCNC(=O)c2ccccc2O)c2ccccc2)ccc1Oc1ccc(F)cc1F. The molecule has 0 saturated carbocycles. The number of pyridine rings is 1. The first-order valence-electron chi connectivity index (χ1n) is 15.0. The van der Waals surface area contributed by atoms with Gasteiger partial charge in [0.2, 0.25) is 0 Å². The number of nitrogens with one attached hydrogen (secondary N) is 1. The van der Waals surface area contributed by atoms with Crippen molar-refractivity contribution in [3.63, 3.8) is 0 Å². The maximum Gasteiger partial charge on any atom is 0.255 e. The van der Waals surface area contributed by atoms with Gasteiger partial charge in [0.05, 0.1) is 12.2 Å². The third-order valence-corrected chi connectivity index (χ3v) is 7.61. The molecule has 1 unspecified atom stereocenters. The van der Waals surface area contributed by atoms with Crippen molar-refractivity contribution in [2.24, 2.45) is 7.05 Å². The molecule has 0 bridgehead atoms. The van der Waals surface area contributed by atoms with Crippen LogP contribution in [0.25, 0.3) is 11.1 Å². The van der Waals surface area contributed by atoms with E-state index in [1.165, 1.54) is 22.8 Å². The number of aromatic nitrogens is 1. The van der Waals surface area contributed by atoms with Gasteiger partial charge in [-0.05, 0) is 67.3 Å². The molecule has 0 fully saturated rings. The normalized spacial score (nSPS) is 11.6. The van der Waals surface area contributed by atoms with Crippen molar-refractivity contribution in [3.05, 3.63) is 142 Å². The van der Waals surface area contributed by atoms with Crippen LogP contribution in [0.1, 0.15) is 47.2 Å². The van der Waals surface area contributed by atoms with E-state index in [0.29, 0.717) is 42.9 Å². The fraction of sp³-hybridized carbons (Fsp3) is 0.189. The summed E-state index contributed by atoms with van der Waals surface area (Å²) in [5.74, 6) is -1.65. The Labute approximate surface area is 265 Å². The number of hydrogen-bond donors (Lipinski definition) is 2. The molecule has 1 amide bonds. The number of halogens is 2. The molecule has 0 saturated heterocycles. The molecule has 4 aromatic carbocycles. The van der Waals surface area contributed by atoms with Crippen LogP contribution in [0, 0.1) is 11.6 Å². The Bertz CT molecular complexity index is 1890. The van der Waals surface area contributed by atoms with E-state index in [1.54, 1.807) is 37.5 Å². The maximum atomic E-state index is 14.7. The zero-order chi connectivity index (χ0) is 32.6. The first kappa shape index (κ1) is 32.0. The summed E-state index contributed by atoms with van der Waals surface area (Å²) < 4.78 is 41.6. The lowest BCUT2D eigenvalue weighted by molar-refractivity contribution is 0.0950. The number of phenols is 1. The molecule has 5 rings (SSSR count). The highest BCUT2D eigenvalue weighted by atomic mass is 19.1. The van der Waals surface area contributed by atoms with E-state index < -0.39 is 11.6 Å². The summed E-state index contributed by atoms with van der Waals surface area (Å²) >= 11 is 0. The summed E-state index contributed by atoms with van der Waals surface area (Å²) in [6, 6.07) is 26.3. The van der Waals surface area contributed by atoms with E-state index in [1.807, 2.05) is 49.4 Å². The molecular formula is C37H34F2N2O5. The highest BCUT2D eigenvalue weighted by Gasteiger charge is 2.21. The summed E-state index contributed by atoms with van der Waals surface area (Å²) in [6.45, 7) is 2.50. The summed E-state index contributed by atoms with van der Waals surface area (Å²) in [7, 11) is 1.63. The molecule has 0 radical (unpaired) electrons. The third kappa shape index (κ3) is 7.43. The third-order valence-electron chi connectivity index (χ3n) is 7.61. The average molecular weight is 625 g/mol. The second kappa shape index (κ2) is 14.6. The average Bonchev–Trinajstić information content (AvgIpc) is 3.05. The molecule has 0 aliphatic heterocycles. The van der Waals surface area contributed by atoms with Crippen LogP contribution in [-0.4, -0.2) is 28.7 Å². The van der Waals surface area contributed by atoms with Crippen LogP contribution in [0.4, 0.5) is 8.78 Å². The van der Waals surface area contributed by atoms with Crippen LogP contribution >= 0.6 is 0 Å². The predicted octanol–water partition coefficient (Wildman–Crippen LogP) is 7.57. The Morgan fingerprint density at radius 2 is 1.61 bits per heavy atom. The molecule has 1 atom stereocenters. The van der Waals surface area contributed by atoms with E-state index in [9.17, 15) is 23.5 Å². The van der Waals surface area contributed by atoms with Gasteiger partial charge in [0.1, 0.15) is 23.1 Å². The topological polar surface area (TPSA) is 89.8 Å². The van der Waals surface area contributed by atoms with Gasteiger partial charge in [-0.2, -0.15) is 0 Å². The number of aromatic hydroxyl groups is 1. The molecule has 0 aliphatic carbocycles. The number of para-hydroxylation sites is 1. The number of phenolic OH excluding ortho intramolecular Hbond substituents is 1. The van der Waals surface area contributed by atoms with Crippen LogP contribution in [0.2, 0.25) is 0 Å². The minimum absolute atomic E-state index is 0.0812. The number of ether oxygens (including phenoxy) is 2. The zero-order valence-electron chi connectivity index (χ0n) is 25.5. The predicted molar refractivity (Wildman–Crippen MR) is 173 cm³/mol. The Morgan fingerprint density at radius 3 is 2.35 bits per heavy atom. The van der Waals surface area contributed by atoms with E-state index >= 15 is 0 Å². The van der Waals surface area contributed by atoms with E-state index in [0.717, 1.165) is 23.3 Å². The molecule has 236 valence electrons. The summed E-state index contributed by atoms with van der Waals surface area (Å²) in [4.78, 5) is 25.2. The molecular weight excluding hydrogens is 590 g/mol. The zero-order valence-corrected chi connectivity index (χ0v) is 25.5. The highest BCUT2D eigenvalue weighted by Crippen LogP contribution is 2.42. The first-order valence-corrected chi connectivity index (χ1v) is 15.0. The molecule has 0 spiro atoms. The van der Waals surface area contributed by atoms with Gasteiger partial charge in [-0.15, -0.1) is 0 Å². The van der Waals surface area contributed by atoms with Gasteiger partial charge in [0.25, 0.3) is 11.5 Å². The minimum atomic E-state index is -0.853. The van der Waals surface area contributed by atoms with Crippen molar-refractivity contribution in [3.8, 4) is 34.1 Å². The lowest BCUT2D eigenvalue weighted by atomic mass is 9.86. The lowest BCUT2D eigenvalue weighted by Gasteiger charge is -2.22. The molecule has 46 heavy (non-hydrogen) atoms. The summed E-state index contributed by atoms with van der Waals surface area (Å²) in [6.07, 6.45) is 2.92. The summed E-state index contributed by atoms with van der Waals surface area (Å²) in [5.41, 5.74) is 3.02. The smallest absolute Gasteiger partial charge is 0.255 e. The number of nitrogens with zero attached hydrogens (tertiary/aromatic N) is 1. The standard InChI is InChI=1S/C37H34F2N2O5/c1-3-45-35-22-36(43)41(2)23-30(35)29-20-25(15-17-33(29)46-34-18-16-26(38)21-31(34)39)27(24-10-5-4-6-11-24)13-9-19-40-37(44)28-12-7-8-14-32(28)42/h4-8,10-12,14-18,20-23,27,42H,3,9,13,19H2,1-2H3,(H,40,44). The molecule has 1 heterocycles. The van der Waals surface area contributed by atoms with Gasteiger partial charge >= 0.3 is 0 Å². The van der Waals surface area contributed by atoms with Crippen LogP contribution in [0.3, 0.4) is 0 Å². The van der Waals surface area contributed by atoms with E-state index in [2.05, 4.69) is 5.32 Å². The second-order valence-electron chi connectivity index (χ2n) is 10.7. The molecule has 1 aromatic heterocycles. The van der Waals surface area contributed by atoms with E-state index in [-0.39, 0.29) is 40.2 Å². The number of hydrogen-bond acceptors (Lipinski definition) is 5. The molecule has 9 heteroatoms. The minimum Gasteiger partial charge on any atom is -0.507 e. The number of carbonyl (C=O) groups excluding carboxylic acids is 1. The monoisotopic (exact) mass is 624 g/mol. The Kier molecular flexibility index (Phi) is 10.1. The summed E-state index contributed by atoms with van der Waals surface area (Å²) in [5, 5.41) is 12.9. The van der Waals surface area contributed by atoms with Crippen molar-refractivity contribution in [1.82, 2.24) is 9.88 Å². The largest absolute Gasteiger partial charge is 0.507 e. The maximum absolute atomic E-state index is 14.7.